The average molecular weight is 392 g/mol. The maximum Gasteiger partial charge on any atom is 0.418 e. The Labute approximate surface area is 150 Å². The van der Waals surface area contributed by atoms with E-state index in [0.717, 1.165) is 30.5 Å². The summed E-state index contributed by atoms with van der Waals surface area (Å²) >= 11 is 0. The van der Waals surface area contributed by atoms with Gasteiger partial charge in [-0.2, -0.15) is 26.3 Å². The molecular formula is C17H14F6N2O2. The van der Waals surface area contributed by atoms with Crippen LogP contribution in [-0.2, 0) is 17.1 Å². The third-order valence-electron chi connectivity index (χ3n) is 3.53. The van der Waals surface area contributed by atoms with Gasteiger partial charge in [0.25, 0.3) is 0 Å². The van der Waals surface area contributed by atoms with Crippen LogP contribution in [0, 0.1) is 0 Å². The lowest BCUT2D eigenvalue weighted by Gasteiger charge is -2.22. The summed E-state index contributed by atoms with van der Waals surface area (Å²) in [6.45, 7) is 1.45. The molecule has 1 aromatic heterocycles. The smallest absolute Gasteiger partial charge is 0.418 e. The molecule has 0 aliphatic rings. The summed E-state index contributed by atoms with van der Waals surface area (Å²) < 4.78 is 82.7. The van der Waals surface area contributed by atoms with Crippen LogP contribution in [0.1, 0.15) is 35.3 Å². The monoisotopic (exact) mass is 392 g/mol. The number of carbonyl (C=O) groups is 1. The molecule has 1 heterocycles. The molecule has 2 aromatic rings. The molecule has 4 nitrogen and oxygen atoms in total. The van der Waals surface area contributed by atoms with E-state index in [1.807, 2.05) is 0 Å². The highest BCUT2D eigenvalue weighted by atomic mass is 19.4. The topological polar surface area (TPSA) is 51.2 Å². The number of nitrogens with one attached hydrogen (secondary N) is 1. The molecule has 1 unspecified atom stereocenters. The van der Waals surface area contributed by atoms with Gasteiger partial charge >= 0.3 is 18.4 Å². The number of benzene rings is 1. The van der Waals surface area contributed by atoms with Gasteiger partial charge in [0.15, 0.2) is 0 Å². The average Bonchev–Trinajstić information content (AvgIpc) is 2.58. The molecule has 27 heavy (non-hydrogen) atoms. The maximum atomic E-state index is 13.3. The van der Waals surface area contributed by atoms with E-state index in [0.29, 0.717) is 12.1 Å². The first-order chi connectivity index (χ1) is 12.5. The van der Waals surface area contributed by atoms with Gasteiger partial charge in [-0.05, 0) is 36.8 Å². The third-order valence-corrected chi connectivity index (χ3v) is 3.53. The highest BCUT2D eigenvalue weighted by Gasteiger charge is 2.37. The number of hydrogen-bond donors (Lipinski definition) is 1. The molecule has 0 radical (unpaired) electrons. The molecule has 1 amide bonds. The molecule has 10 heteroatoms. The summed E-state index contributed by atoms with van der Waals surface area (Å²) in [6, 6.07) is 3.77. The lowest BCUT2D eigenvalue weighted by Crippen LogP contribution is -2.32. The van der Waals surface area contributed by atoms with E-state index in [2.05, 4.69) is 15.0 Å². The second-order valence-corrected chi connectivity index (χ2v) is 5.35. The van der Waals surface area contributed by atoms with E-state index in [9.17, 15) is 31.1 Å². The fraction of sp³-hybridized carbons (Fsp3) is 0.294. The predicted molar refractivity (Wildman–Crippen MR) is 82.7 cm³/mol. The number of carbonyl (C=O) groups excluding carboxylic acids is 1. The minimum absolute atomic E-state index is 0.0137. The van der Waals surface area contributed by atoms with E-state index >= 15 is 0 Å². The summed E-state index contributed by atoms with van der Waals surface area (Å²) in [6.07, 6.45) is -9.32. The van der Waals surface area contributed by atoms with E-state index in [4.69, 9.17) is 0 Å². The number of halogens is 6. The van der Waals surface area contributed by atoms with Crippen molar-refractivity contribution in [3.05, 3.63) is 65.0 Å². The predicted octanol–water partition coefficient (Wildman–Crippen LogP) is 4.95. The number of alkyl halides is 6. The van der Waals surface area contributed by atoms with Crippen LogP contribution < -0.4 is 5.32 Å². The fourth-order valence-corrected chi connectivity index (χ4v) is 2.35. The Kier molecular flexibility index (Phi) is 5.97. The third kappa shape index (κ3) is 5.11. The van der Waals surface area contributed by atoms with Crippen LogP contribution in [0.4, 0.5) is 31.1 Å². The molecule has 146 valence electrons. The van der Waals surface area contributed by atoms with Gasteiger partial charge in [0.2, 0.25) is 0 Å². The number of nitrogens with zero attached hydrogens (tertiary/aromatic N) is 1. The van der Waals surface area contributed by atoms with E-state index in [1.54, 1.807) is 0 Å². The number of hydrogen-bond acceptors (Lipinski definition) is 3. The Hall–Kier alpha value is -2.78. The fourth-order valence-electron chi connectivity index (χ4n) is 2.35. The molecular weight excluding hydrogens is 378 g/mol. The van der Waals surface area contributed by atoms with Crippen molar-refractivity contribution in [1.29, 1.82) is 0 Å². The minimum atomic E-state index is -4.77. The molecule has 1 N–H and O–H groups in total. The molecule has 0 spiro atoms. The number of alkyl carbamates (subject to hydrolysis) is 1. The Morgan fingerprint density at radius 3 is 2.22 bits per heavy atom. The zero-order valence-electron chi connectivity index (χ0n) is 13.9. The highest BCUT2D eigenvalue weighted by Crippen LogP contribution is 2.36. The summed E-state index contributed by atoms with van der Waals surface area (Å²) in [4.78, 5) is 15.5. The first kappa shape index (κ1) is 20.5. The van der Waals surface area contributed by atoms with Crippen molar-refractivity contribution in [1.82, 2.24) is 10.3 Å². The van der Waals surface area contributed by atoms with Crippen molar-refractivity contribution in [3.63, 3.8) is 0 Å². The molecule has 0 fully saturated rings. The van der Waals surface area contributed by atoms with Crippen LogP contribution in [0.5, 0.6) is 0 Å². The van der Waals surface area contributed by atoms with Gasteiger partial charge in [0.05, 0.1) is 23.4 Å². The number of amides is 1. The quantitative estimate of drug-likeness (QED) is 0.749. The van der Waals surface area contributed by atoms with Crippen LogP contribution in [0.3, 0.4) is 0 Å². The van der Waals surface area contributed by atoms with Gasteiger partial charge < -0.3 is 10.1 Å². The lowest BCUT2D eigenvalue weighted by atomic mass is 9.98. The van der Waals surface area contributed by atoms with Crippen molar-refractivity contribution in [2.45, 2.75) is 25.3 Å². The molecule has 0 aliphatic carbocycles. The zero-order valence-corrected chi connectivity index (χ0v) is 13.9. The normalized spacial score (nSPS) is 13.1. The van der Waals surface area contributed by atoms with Gasteiger partial charge in [0, 0.05) is 6.20 Å². The SMILES string of the molecule is CCOC(=O)NC(c1ccc(C(F)(F)F)cc1)c1ncccc1C(F)(F)F. The van der Waals surface area contributed by atoms with Crippen molar-refractivity contribution in [2.75, 3.05) is 6.61 Å². The van der Waals surface area contributed by atoms with Gasteiger partial charge in [-0.1, -0.05) is 12.1 Å². The van der Waals surface area contributed by atoms with Crippen LogP contribution in [-0.4, -0.2) is 17.7 Å². The van der Waals surface area contributed by atoms with Crippen molar-refractivity contribution in [2.24, 2.45) is 0 Å². The second kappa shape index (κ2) is 7.85. The Morgan fingerprint density at radius 1 is 1.07 bits per heavy atom. The molecule has 1 atom stereocenters. The first-order valence-electron chi connectivity index (χ1n) is 7.66. The van der Waals surface area contributed by atoms with E-state index in [1.165, 1.54) is 6.92 Å². The minimum Gasteiger partial charge on any atom is -0.450 e. The van der Waals surface area contributed by atoms with Crippen LogP contribution in [0.15, 0.2) is 42.6 Å². The summed E-state index contributed by atoms with van der Waals surface area (Å²) in [5.41, 5.74) is -2.66. The molecule has 0 saturated carbocycles. The Balaban J connectivity index is 2.52. The largest absolute Gasteiger partial charge is 0.450 e. The molecule has 2 rings (SSSR count). The van der Waals surface area contributed by atoms with E-state index < -0.39 is 41.3 Å². The first-order valence-corrected chi connectivity index (χ1v) is 7.66. The molecule has 0 aliphatic heterocycles. The van der Waals surface area contributed by atoms with Crippen molar-refractivity contribution >= 4 is 6.09 Å². The maximum absolute atomic E-state index is 13.3. The summed E-state index contributed by atoms with van der Waals surface area (Å²) in [7, 11) is 0. The van der Waals surface area contributed by atoms with Crippen LogP contribution in [0.2, 0.25) is 0 Å². The Morgan fingerprint density at radius 2 is 1.70 bits per heavy atom. The highest BCUT2D eigenvalue weighted by molar-refractivity contribution is 5.68. The second-order valence-electron chi connectivity index (χ2n) is 5.35. The number of aromatic nitrogens is 1. The van der Waals surface area contributed by atoms with Crippen LogP contribution >= 0.6 is 0 Å². The summed E-state index contributed by atoms with van der Waals surface area (Å²) in [5, 5.41) is 2.22. The number of rotatable bonds is 4. The van der Waals surface area contributed by atoms with Crippen molar-refractivity contribution < 1.29 is 35.9 Å². The van der Waals surface area contributed by atoms with Gasteiger partial charge in [-0.15, -0.1) is 0 Å². The van der Waals surface area contributed by atoms with Gasteiger partial charge in [-0.25, -0.2) is 4.79 Å². The lowest BCUT2D eigenvalue weighted by molar-refractivity contribution is -0.139. The standard InChI is InChI=1S/C17H14F6N2O2/c1-2-27-15(26)25-13(10-5-7-11(8-6-10)16(18,19)20)14-12(17(21,22)23)4-3-9-24-14/h3-9,13H,2H2,1H3,(H,25,26). The molecule has 0 saturated heterocycles. The number of pyridine rings is 1. The van der Waals surface area contributed by atoms with Gasteiger partial charge in [0.1, 0.15) is 6.04 Å². The number of ether oxygens (including phenoxy) is 1. The van der Waals surface area contributed by atoms with E-state index in [-0.39, 0.29) is 12.2 Å². The van der Waals surface area contributed by atoms with Crippen LogP contribution in [0.25, 0.3) is 0 Å². The van der Waals surface area contributed by atoms with Crippen molar-refractivity contribution in [3.8, 4) is 0 Å². The van der Waals surface area contributed by atoms with Gasteiger partial charge in [-0.3, -0.25) is 4.98 Å². The Bertz CT molecular complexity index is 787. The zero-order chi connectivity index (χ0) is 20.2. The molecule has 1 aromatic carbocycles. The molecule has 0 bridgehead atoms. The summed E-state index contributed by atoms with van der Waals surface area (Å²) in [5.74, 6) is 0.